The molecule has 1 N–H and O–H groups in total. The molecule has 1 saturated heterocycles. The Morgan fingerprint density at radius 2 is 1.72 bits per heavy atom. The number of hydrogen-bond acceptors (Lipinski definition) is 5. The fourth-order valence-electron chi connectivity index (χ4n) is 4.40. The number of fused-ring (bicyclic) bond motifs is 2. The van der Waals surface area contributed by atoms with Gasteiger partial charge in [-0.15, -0.1) is 13.2 Å². The molecular weight excluding hydrogens is 385 g/mol. The third kappa shape index (κ3) is 4.66. The second-order valence-corrected chi connectivity index (χ2v) is 8.09. The van der Waals surface area contributed by atoms with Crippen LogP contribution >= 0.6 is 0 Å². The van der Waals surface area contributed by atoms with Crippen molar-refractivity contribution in [3.8, 4) is 17.5 Å². The Balaban J connectivity index is 1.48. The average molecular weight is 410 g/mol. The van der Waals surface area contributed by atoms with Crippen molar-refractivity contribution in [3.63, 3.8) is 0 Å². The minimum Gasteiger partial charge on any atom is -0.424 e. The minimum absolute atomic E-state index is 0.0452. The molecule has 1 aromatic heterocycles. The van der Waals surface area contributed by atoms with E-state index in [1.165, 1.54) is 37.1 Å². The number of benzene rings is 1. The van der Waals surface area contributed by atoms with Crippen molar-refractivity contribution in [2.45, 2.75) is 45.5 Å². The van der Waals surface area contributed by atoms with Gasteiger partial charge in [0.25, 0.3) is 0 Å². The number of rotatable bonds is 6. The normalized spacial score (nSPS) is 24.1. The van der Waals surface area contributed by atoms with Gasteiger partial charge in [0.1, 0.15) is 11.5 Å². The van der Waals surface area contributed by atoms with Crippen LogP contribution in [0.2, 0.25) is 0 Å². The van der Waals surface area contributed by atoms with E-state index < -0.39 is 6.36 Å². The Morgan fingerprint density at radius 1 is 1.10 bits per heavy atom. The van der Waals surface area contributed by atoms with Gasteiger partial charge in [0.2, 0.25) is 0 Å². The molecule has 0 amide bonds. The van der Waals surface area contributed by atoms with E-state index in [4.69, 9.17) is 4.74 Å². The number of aromatic nitrogens is 3. The summed E-state index contributed by atoms with van der Waals surface area (Å²) in [6.45, 7) is 6.09. The largest absolute Gasteiger partial charge is 0.573 e. The molecule has 0 radical (unpaired) electrons. The molecule has 2 heterocycles. The Kier molecular flexibility index (Phi) is 5.42. The molecule has 158 valence electrons. The lowest BCUT2D eigenvalue weighted by Crippen LogP contribution is -2.39. The quantitative estimate of drug-likeness (QED) is 0.768. The maximum Gasteiger partial charge on any atom is 0.573 e. The van der Waals surface area contributed by atoms with Crippen LogP contribution in [0.25, 0.3) is 0 Å². The van der Waals surface area contributed by atoms with Crippen LogP contribution in [0.4, 0.5) is 13.2 Å². The predicted octanol–water partition coefficient (Wildman–Crippen LogP) is 4.34. The van der Waals surface area contributed by atoms with E-state index >= 15 is 0 Å². The first-order valence-corrected chi connectivity index (χ1v) is 9.98. The van der Waals surface area contributed by atoms with E-state index in [1.807, 2.05) is 13.8 Å². The second kappa shape index (κ2) is 7.85. The van der Waals surface area contributed by atoms with Gasteiger partial charge in [-0.05, 0) is 81.8 Å². The van der Waals surface area contributed by atoms with Gasteiger partial charge in [0.05, 0.1) is 6.04 Å². The Labute approximate surface area is 167 Å². The summed E-state index contributed by atoms with van der Waals surface area (Å²) in [6, 6.07) is 5.67. The molecule has 1 aliphatic heterocycles. The Hall–Kier alpha value is -2.29. The van der Waals surface area contributed by atoms with Crippen molar-refractivity contribution in [2.75, 3.05) is 13.1 Å². The van der Waals surface area contributed by atoms with E-state index in [0.29, 0.717) is 29.5 Å². The third-order valence-electron chi connectivity index (χ3n) is 5.75. The maximum atomic E-state index is 12.3. The average Bonchev–Trinajstić information content (AvgIpc) is 3.12. The minimum atomic E-state index is -4.72. The summed E-state index contributed by atoms with van der Waals surface area (Å²) in [6.07, 6.45) is -1.39. The van der Waals surface area contributed by atoms with E-state index in [2.05, 4.69) is 20.1 Å². The van der Waals surface area contributed by atoms with Crippen LogP contribution < -0.4 is 14.8 Å². The summed E-state index contributed by atoms with van der Waals surface area (Å²) >= 11 is 0. The lowest BCUT2D eigenvalue weighted by molar-refractivity contribution is -0.274. The van der Waals surface area contributed by atoms with Crippen molar-refractivity contribution in [1.29, 1.82) is 0 Å². The second-order valence-electron chi connectivity index (χ2n) is 8.09. The molecular formula is C20H25F3N4O2. The molecule has 9 heteroatoms. The maximum absolute atomic E-state index is 12.3. The number of nitrogens with zero attached hydrogens (tertiary/aromatic N) is 3. The summed E-state index contributed by atoms with van der Waals surface area (Å²) in [5.74, 6) is 2.77. The van der Waals surface area contributed by atoms with Crippen molar-refractivity contribution < 1.29 is 22.6 Å². The molecule has 2 aliphatic rings. The lowest BCUT2D eigenvalue weighted by Gasteiger charge is -2.29. The standard InChI is InChI=1S/C20H25F3N4O2/c1-12(2)27-19(28-15-5-7-16(8-6-15)29-20(21,22)23)25-18(26-27)9-17-13-3-4-14(17)11-24-10-13/h5-8,12-14,17,24H,3-4,9-11H2,1-2H3/t13-,14+,17?. The van der Waals surface area contributed by atoms with E-state index in [1.54, 1.807) is 4.68 Å². The predicted molar refractivity (Wildman–Crippen MR) is 99.9 cm³/mol. The monoisotopic (exact) mass is 410 g/mol. The summed E-state index contributed by atoms with van der Waals surface area (Å²) in [5, 5.41) is 8.15. The van der Waals surface area contributed by atoms with Gasteiger partial charge in [-0.3, -0.25) is 0 Å². The molecule has 2 bridgehead atoms. The van der Waals surface area contributed by atoms with Gasteiger partial charge < -0.3 is 14.8 Å². The van der Waals surface area contributed by atoms with E-state index in [0.717, 1.165) is 25.3 Å². The van der Waals surface area contributed by atoms with Gasteiger partial charge in [0.15, 0.2) is 5.82 Å². The molecule has 2 aromatic rings. The number of halogens is 3. The van der Waals surface area contributed by atoms with Crippen LogP contribution in [0.15, 0.2) is 24.3 Å². The van der Waals surface area contributed by atoms with Gasteiger partial charge in [0, 0.05) is 6.42 Å². The molecule has 4 rings (SSSR count). The smallest absolute Gasteiger partial charge is 0.424 e. The molecule has 1 unspecified atom stereocenters. The SMILES string of the molecule is CC(C)n1nc(CC2[C@@H]3CC[C@H]2CNC3)nc1Oc1ccc(OC(F)(F)F)cc1. The van der Waals surface area contributed by atoms with Crippen LogP contribution in [-0.2, 0) is 6.42 Å². The number of hydrogen-bond donors (Lipinski definition) is 1. The van der Waals surface area contributed by atoms with Gasteiger partial charge in [-0.2, -0.15) is 10.1 Å². The van der Waals surface area contributed by atoms with Crippen molar-refractivity contribution in [1.82, 2.24) is 20.1 Å². The Bertz CT molecular complexity index is 819. The van der Waals surface area contributed by atoms with Crippen LogP contribution in [0.5, 0.6) is 17.5 Å². The number of ether oxygens (including phenoxy) is 2. The molecule has 1 aliphatic carbocycles. The molecule has 1 aromatic carbocycles. The highest BCUT2D eigenvalue weighted by Crippen LogP contribution is 2.41. The van der Waals surface area contributed by atoms with Crippen LogP contribution in [0, 0.1) is 17.8 Å². The fourth-order valence-corrected chi connectivity index (χ4v) is 4.40. The zero-order valence-corrected chi connectivity index (χ0v) is 16.4. The summed E-state index contributed by atoms with van der Waals surface area (Å²) in [4.78, 5) is 4.60. The molecule has 3 atom stereocenters. The van der Waals surface area contributed by atoms with E-state index in [-0.39, 0.29) is 11.8 Å². The first-order chi connectivity index (χ1) is 13.8. The molecule has 6 nitrogen and oxygen atoms in total. The first-order valence-electron chi connectivity index (χ1n) is 9.98. The highest BCUT2D eigenvalue weighted by molar-refractivity contribution is 5.33. The highest BCUT2D eigenvalue weighted by atomic mass is 19.4. The highest BCUT2D eigenvalue weighted by Gasteiger charge is 2.39. The molecule has 2 fully saturated rings. The number of alkyl halides is 3. The van der Waals surface area contributed by atoms with Gasteiger partial charge in [-0.25, -0.2) is 4.68 Å². The van der Waals surface area contributed by atoms with E-state index in [9.17, 15) is 13.2 Å². The van der Waals surface area contributed by atoms with Gasteiger partial charge >= 0.3 is 12.4 Å². The van der Waals surface area contributed by atoms with Gasteiger partial charge in [-0.1, -0.05) is 0 Å². The molecule has 0 spiro atoms. The summed E-state index contributed by atoms with van der Waals surface area (Å²) < 4.78 is 48.4. The summed E-state index contributed by atoms with van der Waals surface area (Å²) in [5.41, 5.74) is 0. The summed E-state index contributed by atoms with van der Waals surface area (Å²) in [7, 11) is 0. The van der Waals surface area contributed by atoms with Crippen LogP contribution in [0.3, 0.4) is 0 Å². The van der Waals surface area contributed by atoms with Crippen molar-refractivity contribution in [3.05, 3.63) is 30.1 Å². The fraction of sp³-hybridized carbons (Fsp3) is 0.600. The van der Waals surface area contributed by atoms with Crippen LogP contribution in [0.1, 0.15) is 38.6 Å². The molecule has 29 heavy (non-hydrogen) atoms. The number of nitrogens with one attached hydrogen (secondary N) is 1. The van der Waals surface area contributed by atoms with Crippen molar-refractivity contribution >= 4 is 0 Å². The number of piperidine rings is 1. The van der Waals surface area contributed by atoms with Crippen molar-refractivity contribution in [2.24, 2.45) is 17.8 Å². The Morgan fingerprint density at radius 3 is 2.31 bits per heavy atom. The molecule has 1 saturated carbocycles. The zero-order chi connectivity index (χ0) is 20.6. The first kappa shape index (κ1) is 20.0. The topological polar surface area (TPSA) is 61.2 Å². The third-order valence-corrected chi connectivity index (χ3v) is 5.75. The lowest BCUT2D eigenvalue weighted by atomic mass is 9.83. The van der Waals surface area contributed by atoms with Crippen LogP contribution in [-0.4, -0.2) is 34.2 Å². The zero-order valence-electron chi connectivity index (χ0n) is 16.4.